The molecular formula is C15H28O3. The third kappa shape index (κ3) is 8.85. The van der Waals surface area contributed by atoms with Gasteiger partial charge in [-0.25, -0.2) is 0 Å². The number of Topliss-reactive ketones (excluding diaryl/α,β-unsaturated/α-hetero) is 1. The van der Waals surface area contributed by atoms with E-state index in [0.29, 0.717) is 0 Å². The topological polar surface area (TPSA) is 57.5 Å². The van der Waals surface area contributed by atoms with Crippen LogP contribution in [-0.2, 0) is 4.79 Å². The summed E-state index contributed by atoms with van der Waals surface area (Å²) in [5.74, 6) is 0.0720. The average molecular weight is 256 g/mol. The first kappa shape index (κ1) is 19.1. The molecule has 0 rings (SSSR count). The predicted molar refractivity (Wildman–Crippen MR) is 76.8 cm³/mol. The normalized spacial score (nSPS) is 14.2. The molecule has 0 aromatic carbocycles. The largest absolute Gasteiger partial charge is 0.509 e. The molecule has 0 heterocycles. The quantitative estimate of drug-likeness (QED) is 0.535. The molecule has 0 fully saturated rings. The highest BCUT2D eigenvalue weighted by atomic mass is 16.3. The molecule has 18 heavy (non-hydrogen) atoms. The lowest BCUT2D eigenvalue weighted by molar-refractivity contribution is -0.120. The van der Waals surface area contributed by atoms with Crippen LogP contribution in [0.1, 0.15) is 60.8 Å². The molecule has 0 amide bonds. The van der Waals surface area contributed by atoms with Crippen molar-refractivity contribution in [3.8, 4) is 0 Å². The zero-order valence-corrected chi connectivity index (χ0v) is 12.6. The first-order chi connectivity index (χ1) is 8.38. The Morgan fingerprint density at radius 2 is 1.72 bits per heavy atom. The zero-order chi connectivity index (χ0) is 14.7. The van der Waals surface area contributed by atoms with Gasteiger partial charge in [0.1, 0.15) is 11.5 Å². The molecule has 3 heteroatoms. The van der Waals surface area contributed by atoms with Crippen molar-refractivity contribution in [2.24, 2.45) is 5.92 Å². The van der Waals surface area contributed by atoms with Crippen molar-refractivity contribution < 1.29 is 15.0 Å². The molecular weight excluding hydrogens is 228 g/mol. The fourth-order valence-electron chi connectivity index (χ4n) is 1.25. The van der Waals surface area contributed by atoms with E-state index in [2.05, 4.69) is 0 Å². The van der Waals surface area contributed by atoms with Crippen molar-refractivity contribution >= 4 is 5.78 Å². The Hall–Kier alpha value is -1.25. The monoisotopic (exact) mass is 256 g/mol. The highest BCUT2D eigenvalue weighted by molar-refractivity contribution is 5.77. The second kappa shape index (κ2) is 10.9. The molecule has 0 aliphatic heterocycles. The second-order valence-corrected chi connectivity index (χ2v) is 4.18. The van der Waals surface area contributed by atoms with E-state index in [1.807, 2.05) is 27.7 Å². The number of carbonyl (C=O) groups is 1. The van der Waals surface area contributed by atoms with Crippen molar-refractivity contribution in [2.75, 3.05) is 0 Å². The maximum absolute atomic E-state index is 11.1. The molecule has 1 unspecified atom stereocenters. The molecule has 106 valence electrons. The van der Waals surface area contributed by atoms with E-state index >= 15 is 0 Å². The van der Waals surface area contributed by atoms with Crippen LogP contribution in [0, 0.1) is 5.92 Å². The molecule has 1 atom stereocenters. The Morgan fingerprint density at radius 1 is 1.22 bits per heavy atom. The van der Waals surface area contributed by atoms with Crippen LogP contribution in [-0.4, -0.2) is 16.0 Å². The fraction of sp³-hybridized carbons (Fsp3) is 0.667. The van der Waals surface area contributed by atoms with E-state index in [1.165, 1.54) is 6.92 Å². The van der Waals surface area contributed by atoms with Crippen molar-refractivity contribution in [1.29, 1.82) is 0 Å². The molecule has 0 aliphatic rings. The minimum Gasteiger partial charge on any atom is -0.509 e. The standard InChI is InChI=1S/C13H22O3.C2H6/c1-5-12(8-13(16)11(4)15)7-6-9(2)10(3)14;1-2/h8-9,15-16H,5-7H2,1-4H3;1-2H3/b12-8+,13-11-;. The van der Waals surface area contributed by atoms with Crippen molar-refractivity contribution in [2.45, 2.75) is 60.8 Å². The summed E-state index contributed by atoms with van der Waals surface area (Å²) in [7, 11) is 0. The Kier molecular flexibility index (Phi) is 11.5. The smallest absolute Gasteiger partial charge is 0.152 e. The third-order valence-electron chi connectivity index (χ3n) is 2.76. The Balaban J connectivity index is 0. The third-order valence-corrected chi connectivity index (χ3v) is 2.76. The van der Waals surface area contributed by atoms with Gasteiger partial charge in [-0.1, -0.05) is 33.3 Å². The van der Waals surface area contributed by atoms with Crippen LogP contribution < -0.4 is 0 Å². The van der Waals surface area contributed by atoms with E-state index in [0.717, 1.165) is 24.8 Å². The summed E-state index contributed by atoms with van der Waals surface area (Å²) in [6, 6.07) is 0. The summed E-state index contributed by atoms with van der Waals surface area (Å²) < 4.78 is 0. The van der Waals surface area contributed by atoms with E-state index in [9.17, 15) is 9.90 Å². The number of ketones is 1. The van der Waals surface area contributed by atoms with Gasteiger partial charge in [-0.05, 0) is 39.2 Å². The van der Waals surface area contributed by atoms with Crippen LogP contribution in [0.5, 0.6) is 0 Å². The van der Waals surface area contributed by atoms with E-state index in [1.54, 1.807) is 13.0 Å². The molecule has 0 aliphatic carbocycles. The van der Waals surface area contributed by atoms with Crippen LogP contribution >= 0.6 is 0 Å². The second-order valence-electron chi connectivity index (χ2n) is 4.18. The van der Waals surface area contributed by atoms with Gasteiger partial charge in [-0.15, -0.1) is 0 Å². The van der Waals surface area contributed by atoms with Gasteiger partial charge >= 0.3 is 0 Å². The lowest BCUT2D eigenvalue weighted by Gasteiger charge is -2.09. The van der Waals surface area contributed by atoms with Gasteiger partial charge in [-0.2, -0.15) is 0 Å². The summed E-state index contributed by atoms with van der Waals surface area (Å²) in [5, 5.41) is 18.5. The van der Waals surface area contributed by atoms with Gasteiger partial charge in [0.15, 0.2) is 5.76 Å². The number of allylic oxidation sites excluding steroid dienone is 3. The molecule has 0 radical (unpaired) electrons. The minimum absolute atomic E-state index is 0.0521. The highest BCUT2D eigenvalue weighted by Crippen LogP contribution is 2.17. The minimum atomic E-state index is -0.0904. The van der Waals surface area contributed by atoms with Crippen LogP contribution in [0.25, 0.3) is 0 Å². The van der Waals surface area contributed by atoms with E-state index < -0.39 is 0 Å². The lowest BCUT2D eigenvalue weighted by Crippen LogP contribution is -2.06. The highest BCUT2D eigenvalue weighted by Gasteiger charge is 2.08. The first-order valence-corrected chi connectivity index (χ1v) is 6.67. The number of hydrogen-bond donors (Lipinski definition) is 2. The predicted octanol–water partition coefficient (Wildman–Crippen LogP) is 4.70. The maximum atomic E-state index is 11.1. The summed E-state index contributed by atoms with van der Waals surface area (Å²) in [6.07, 6.45) is 3.95. The van der Waals surface area contributed by atoms with Gasteiger partial charge in [0, 0.05) is 5.92 Å². The van der Waals surface area contributed by atoms with Gasteiger partial charge in [0.25, 0.3) is 0 Å². The number of aliphatic hydroxyl groups excluding tert-OH is 2. The molecule has 0 bridgehead atoms. The summed E-state index contributed by atoms with van der Waals surface area (Å²) in [6.45, 7) is 10.9. The van der Waals surface area contributed by atoms with Crippen molar-refractivity contribution in [3.63, 3.8) is 0 Å². The Labute approximate surface area is 111 Å². The molecule has 3 nitrogen and oxygen atoms in total. The van der Waals surface area contributed by atoms with E-state index in [-0.39, 0.29) is 23.2 Å². The molecule has 2 N–H and O–H groups in total. The fourth-order valence-corrected chi connectivity index (χ4v) is 1.25. The summed E-state index contributed by atoms with van der Waals surface area (Å²) in [4.78, 5) is 11.1. The number of aliphatic hydroxyl groups is 2. The number of carbonyl (C=O) groups excluding carboxylic acids is 1. The van der Waals surface area contributed by atoms with Gasteiger partial charge in [0.05, 0.1) is 0 Å². The number of rotatable bonds is 6. The van der Waals surface area contributed by atoms with Gasteiger partial charge in [0.2, 0.25) is 0 Å². The molecule has 0 aromatic heterocycles. The molecule has 0 saturated carbocycles. The SMILES string of the molecule is CC.CC/C(=C\C(O)=C(/C)O)CCC(C)C(C)=O. The zero-order valence-electron chi connectivity index (χ0n) is 12.6. The van der Waals surface area contributed by atoms with Crippen LogP contribution in [0.2, 0.25) is 0 Å². The Morgan fingerprint density at radius 3 is 2.06 bits per heavy atom. The first-order valence-electron chi connectivity index (χ1n) is 6.67. The molecule has 0 aromatic rings. The summed E-state index contributed by atoms with van der Waals surface area (Å²) >= 11 is 0. The molecule has 0 saturated heterocycles. The van der Waals surface area contributed by atoms with Crippen molar-refractivity contribution in [1.82, 2.24) is 0 Å². The lowest BCUT2D eigenvalue weighted by atomic mass is 9.96. The molecule has 0 spiro atoms. The Bertz CT molecular complexity index is 297. The van der Waals surface area contributed by atoms with Crippen molar-refractivity contribution in [3.05, 3.63) is 23.2 Å². The van der Waals surface area contributed by atoms with Crippen LogP contribution in [0.4, 0.5) is 0 Å². The summed E-state index contributed by atoms with van der Waals surface area (Å²) in [5.41, 5.74) is 1.04. The van der Waals surface area contributed by atoms with Gasteiger partial charge < -0.3 is 10.2 Å². The van der Waals surface area contributed by atoms with Gasteiger partial charge in [-0.3, -0.25) is 4.79 Å². The average Bonchev–Trinajstić information content (AvgIpc) is 2.35. The maximum Gasteiger partial charge on any atom is 0.152 e. The van der Waals surface area contributed by atoms with E-state index in [4.69, 9.17) is 5.11 Å². The van der Waals surface area contributed by atoms with Crippen LogP contribution in [0.3, 0.4) is 0 Å². The number of hydrogen-bond acceptors (Lipinski definition) is 3. The van der Waals surface area contributed by atoms with Crippen LogP contribution in [0.15, 0.2) is 23.2 Å².